The first-order valence-electron chi connectivity index (χ1n) is 6.23. The van der Waals surface area contributed by atoms with Gasteiger partial charge in [-0.05, 0) is 25.0 Å². The quantitative estimate of drug-likeness (QED) is 0.840. The van der Waals surface area contributed by atoms with E-state index in [0.29, 0.717) is 37.3 Å². The molecule has 0 aliphatic carbocycles. The number of carbonyl (C=O) groups excluding carboxylic acids is 1. The number of carbonyl (C=O) groups is 2. The number of amides is 1. The molecule has 1 amide bonds. The minimum absolute atomic E-state index is 0.350. The smallest absolute Gasteiger partial charge is 0.311 e. The van der Waals surface area contributed by atoms with Crippen molar-refractivity contribution in [3.8, 4) is 0 Å². The monoisotopic (exact) mass is 263 g/mol. The summed E-state index contributed by atoms with van der Waals surface area (Å²) in [6, 6.07) is 3.31. The molecule has 1 aliphatic rings. The molecule has 1 fully saturated rings. The highest BCUT2D eigenvalue weighted by Gasteiger charge is 2.43. The Morgan fingerprint density at radius 1 is 1.53 bits per heavy atom. The number of rotatable bonds is 4. The van der Waals surface area contributed by atoms with Crippen LogP contribution in [0.25, 0.3) is 0 Å². The van der Waals surface area contributed by atoms with Crippen LogP contribution < -0.4 is 10.6 Å². The van der Waals surface area contributed by atoms with E-state index in [1.165, 1.54) is 6.20 Å². The summed E-state index contributed by atoms with van der Waals surface area (Å²) in [5, 5.41) is 9.34. The van der Waals surface area contributed by atoms with Crippen molar-refractivity contribution in [1.82, 2.24) is 4.98 Å². The zero-order valence-electron chi connectivity index (χ0n) is 10.8. The van der Waals surface area contributed by atoms with Crippen molar-refractivity contribution in [2.45, 2.75) is 19.8 Å². The normalized spacial score (nSPS) is 22.5. The van der Waals surface area contributed by atoms with Gasteiger partial charge in [0.1, 0.15) is 5.82 Å². The van der Waals surface area contributed by atoms with Crippen molar-refractivity contribution >= 4 is 17.7 Å². The van der Waals surface area contributed by atoms with E-state index in [1.807, 2.05) is 11.8 Å². The first-order chi connectivity index (χ1) is 8.98. The first kappa shape index (κ1) is 13.3. The van der Waals surface area contributed by atoms with Crippen molar-refractivity contribution in [2.24, 2.45) is 11.1 Å². The van der Waals surface area contributed by atoms with Crippen LogP contribution in [0.2, 0.25) is 0 Å². The maximum absolute atomic E-state index is 11.4. The number of hydrogen-bond acceptors (Lipinski definition) is 4. The molecule has 1 aliphatic heterocycles. The third-order valence-corrected chi connectivity index (χ3v) is 3.84. The lowest BCUT2D eigenvalue weighted by atomic mass is 9.84. The number of aromatic nitrogens is 1. The van der Waals surface area contributed by atoms with Crippen LogP contribution in [0.4, 0.5) is 5.82 Å². The Morgan fingerprint density at radius 3 is 2.68 bits per heavy atom. The number of carboxylic acids is 1. The van der Waals surface area contributed by atoms with Crippen molar-refractivity contribution in [3.05, 3.63) is 23.9 Å². The number of carboxylic acid groups (broad SMARTS) is 1. The van der Waals surface area contributed by atoms with Crippen LogP contribution in [-0.4, -0.2) is 35.1 Å². The fourth-order valence-electron chi connectivity index (χ4n) is 2.40. The second kappa shape index (κ2) is 4.87. The van der Waals surface area contributed by atoms with Crippen LogP contribution in [0.3, 0.4) is 0 Å². The van der Waals surface area contributed by atoms with E-state index < -0.39 is 17.3 Å². The summed E-state index contributed by atoms with van der Waals surface area (Å²) in [6.45, 7) is 2.99. The van der Waals surface area contributed by atoms with Gasteiger partial charge in [-0.15, -0.1) is 0 Å². The number of primary amides is 1. The molecule has 0 aromatic carbocycles. The number of anilines is 1. The highest BCUT2D eigenvalue weighted by atomic mass is 16.4. The second-order valence-electron chi connectivity index (χ2n) is 4.88. The number of hydrogen-bond donors (Lipinski definition) is 2. The van der Waals surface area contributed by atoms with Gasteiger partial charge in [0.05, 0.1) is 11.0 Å². The Bertz CT molecular complexity index is 500. The maximum Gasteiger partial charge on any atom is 0.311 e. The molecule has 2 rings (SSSR count). The Balaban J connectivity index is 2.16. The van der Waals surface area contributed by atoms with Gasteiger partial charge in [0.15, 0.2) is 0 Å². The maximum atomic E-state index is 11.4. The fourth-order valence-corrected chi connectivity index (χ4v) is 2.40. The molecular weight excluding hydrogens is 246 g/mol. The van der Waals surface area contributed by atoms with E-state index in [9.17, 15) is 14.7 Å². The van der Waals surface area contributed by atoms with E-state index in [1.54, 1.807) is 12.1 Å². The molecule has 0 spiro atoms. The highest BCUT2D eigenvalue weighted by Crippen LogP contribution is 2.35. The van der Waals surface area contributed by atoms with Crippen molar-refractivity contribution < 1.29 is 14.7 Å². The molecule has 0 saturated carbocycles. The third-order valence-electron chi connectivity index (χ3n) is 3.84. The van der Waals surface area contributed by atoms with Crippen LogP contribution in [0.1, 0.15) is 30.1 Å². The standard InChI is InChI=1S/C13H17N3O3/c1-2-13(12(18)19)5-6-16(8-13)10-4-3-9(7-15-10)11(14)17/h3-4,7H,2,5-6,8H2,1H3,(H2,14,17)(H,18,19). The van der Waals surface area contributed by atoms with Crippen molar-refractivity contribution in [2.75, 3.05) is 18.0 Å². The predicted molar refractivity (Wildman–Crippen MR) is 69.9 cm³/mol. The average molecular weight is 263 g/mol. The summed E-state index contributed by atoms with van der Waals surface area (Å²) in [4.78, 5) is 28.4. The van der Waals surface area contributed by atoms with Gasteiger partial charge in [0, 0.05) is 19.3 Å². The Morgan fingerprint density at radius 2 is 2.26 bits per heavy atom. The molecule has 1 saturated heterocycles. The molecule has 1 atom stereocenters. The molecule has 0 bridgehead atoms. The molecule has 6 heteroatoms. The van der Waals surface area contributed by atoms with E-state index >= 15 is 0 Å². The minimum Gasteiger partial charge on any atom is -0.481 e. The molecular formula is C13H17N3O3. The van der Waals surface area contributed by atoms with Gasteiger partial charge < -0.3 is 15.7 Å². The molecule has 1 aromatic rings. The average Bonchev–Trinajstić information content (AvgIpc) is 2.84. The van der Waals surface area contributed by atoms with Crippen LogP contribution in [-0.2, 0) is 4.79 Å². The van der Waals surface area contributed by atoms with E-state index in [4.69, 9.17) is 5.73 Å². The van der Waals surface area contributed by atoms with E-state index in [0.717, 1.165) is 0 Å². The van der Waals surface area contributed by atoms with Crippen LogP contribution >= 0.6 is 0 Å². The lowest BCUT2D eigenvalue weighted by Gasteiger charge is -2.23. The van der Waals surface area contributed by atoms with Crippen LogP contribution in [0, 0.1) is 5.41 Å². The van der Waals surface area contributed by atoms with Gasteiger partial charge in [0.25, 0.3) is 0 Å². The largest absolute Gasteiger partial charge is 0.481 e. The number of pyridine rings is 1. The molecule has 19 heavy (non-hydrogen) atoms. The fraction of sp³-hybridized carbons (Fsp3) is 0.462. The molecule has 2 heterocycles. The topological polar surface area (TPSA) is 96.5 Å². The number of nitrogens with zero attached hydrogens (tertiary/aromatic N) is 2. The van der Waals surface area contributed by atoms with Crippen molar-refractivity contribution in [3.63, 3.8) is 0 Å². The van der Waals surface area contributed by atoms with Gasteiger partial charge in [-0.3, -0.25) is 9.59 Å². The summed E-state index contributed by atoms with van der Waals surface area (Å²) in [5.41, 5.74) is 4.81. The van der Waals surface area contributed by atoms with Crippen LogP contribution in [0.15, 0.2) is 18.3 Å². The van der Waals surface area contributed by atoms with Gasteiger partial charge in [-0.1, -0.05) is 6.92 Å². The zero-order chi connectivity index (χ0) is 14.0. The first-order valence-corrected chi connectivity index (χ1v) is 6.23. The van der Waals surface area contributed by atoms with Crippen LogP contribution in [0.5, 0.6) is 0 Å². The summed E-state index contributed by atoms with van der Waals surface area (Å²) in [7, 11) is 0. The molecule has 1 aromatic heterocycles. The minimum atomic E-state index is -0.758. The third kappa shape index (κ3) is 2.38. The van der Waals surface area contributed by atoms with Gasteiger partial charge in [-0.25, -0.2) is 4.98 Å². The Labute approximate surface area is 111 Å². The van der Waals surface area contributed by atoms with E-state index in [2.05, 4.69) is 4.98 Å². The zero-order valence-corrected chi connectivity index (χ0v) is 10.8. The van der Waals surface area contributed by atoms with Gasteiger partial charge in [0.2, 0.25) is 5.91 Å². The summed E-state index contributed by atoms with van der Waals surface area (Å²) in [5.74, 6) is -0.596. The highest BCUT2D eigenvalue weighted by molar-refractivity contribution is 5.92. The Kier molecular flexibility index (Phi) is 3.42. The summed E-state index contributed by atoms with van der Waals surface area (Å²) in [6.07, 6.45) is 2.63. The van der Waals surface area contributed by atoms with Crippen molar-refractivity contribution in [1.29, 1.82) is 0 Å². The SMILES string of the molecule is CCC1(C(=O)O)CCN(c2ccc(C(N)=O)cn2)C1. The predicted octanol–water partition coefficient (Wildman–Crippen LogP) is 0.872. The van der Waals surface area contributed by atoms with Gasteiger partial charge >= 0.3 is 5.97 Å². The molecule has 0 radical (unpaired) electrons. The Hall–Kier alpha value is -2.11. The lowest BCUT2D eigenvalue weighted by molar-refractivity contribution is -0.147. The molecule has 3 N–H and O–H groups in total. The number of aliphatic carboxylic acids is 1. The number of nitrogens with two attached hydrogens (primary N) is 1. The molecule has 102 valence electrons. The van der Waals surface area contributed by atoms with Gasteiger partial charge in [-0.2, -0.15) is 0 Å². The lowest BCUT2D eigenvalue weighted by Crippen LogP contribution is -2.34. The molecule has 1 unspecified atom stereocenters. The summed E-state index contributed by atoms with van der Waals surface area (Å²) >= 11 is 0. The molecule has 6 nitrogen and oxygen atoms in total. The van der Waals surface area contributed by atoms with E-state index in [-0.39, 0.29) is 0 Å². The summed E-state index contributed by atoms with van der Waals surface area (Å²) < 4.78 is 0. The second-order valence-corrected chi connectivity index (χ2v) is 4.88.